The first-order valence-electron chi connectivity index (χ1n) is 8.22. The number of likely N-dealkylation sites (tertiary alicyclic amines) is 1. The second-order valence-electron chi connectivity index (χ2n) is 6.13. The fourth-order valence-corrected chi connectivity index (χ4v) is 3.16. The Morgan fingerprint density at radius 2 is 2.13 bits per heavy atom. The highest BCUT2D eigenvalue weighted by atomic mass is 16.2. The number of hydrogen-bond donors (Lipinski definition) is 1. The van der Waals surface area contributed by atoms with E-state index in [4.69, 9.17) is 0 Å². The molecule has 2 unspecified atom stereocenters. The summed E-state index contributed by atoms with van der Waals surface area (Å²) < 4.78 is 0. The number of nitrogens with one attached hydrogen (secondary N) is 1. The molecule has 2 aromatic rings. The molecular formula is C19H23N3O. The van der Waals surface area contributed by atoms with Gasteiger partial charge >= 0.3 is 0 Å². The lowest BCUT2D eigenvalue weighted by Gasteiger charge is -2.25. The second-order valence-corrected chi connectivity index (χ2v) is 6.13. The van der Waals surface area contributed by atoms with Crippen LogP contribution < -0.4 is 5.32 Å². The van der Waals surface area contributed by atoms with E-state index in [-0.39, 0.29) is 18.0 Å². The Bertz CT molecular complexity index is 630. The average molecular weight is 309 g/mol. The minimum atomic E-state index is -0.0330. The highest BCUT2D eigenvalue weighted by molar-refractivity contribution is 5.82. The van der Waals surface area contributed by atoms with Gasteiger partial charge in [-0.25, -0.2) is 0 Å². The van der Waals surface area contributed by atoms with Crippen LogP contribution in [0.2, 0.25) is 0 Å². The Morgan fingerprint density at radius 3 is 2.87 bits per heavy atom. The third-order valence-electron chi connectivity index (χ3n) is 4.44. The van der Waals surface area contributed by atoms with Gasteiger partial charge in [0.15, 0.2) is 0 Å². The number of aromatic nitrogens is 1. The van der Waals surface area contributed by atoms with E-state index in [2.05, 4.69) is 27.3 Å². The molecule has 0 spiro atoms. The molecule has 1 aliphatic rings. The maximum Gasteiger partial charge on any atom is 0.237 e. The number of amides is 1. The molecule has 1 amide bonds. The predicted molar refractivity (Wildman–Crippen MR) is 90.7 cm³/mol. The summed E-state index contributed by atoms with van der Waals surface area (Å²) in [6, 6.07) is 14.2. The Balaban J connectivity index is 1.62. The average Bonchev–Trinajstić information content (AvgIpc) is 3.05. The van der Waals surface area contributed by atoms with E-state index in [1.807, 2.05) is 37.3 Å². The van der Waals surface area contributed by atoms with Crippen LogP contribution in [-0.4, -0.2) is 28.4 Å². The van der Waals surface area contributed by atoms with Gasteiger partial charge in [-0.15, -0.1) is 0 Å². The van der Waals surface area contributed by atoms with E-state index in [0.29, 0.717) is 0 Å². The number of carbonyl (C=O) groups excluding carboxylic acids is 1. The lowest BCUT2D eigenvalue weighted by atomic mass is 10.1. The van der Waals surface area contributed by atoms with Gasteiger partial charge in [-0.05, 0) is 43.5 Å². The van der Waals surface area contributed by atoms with E-state index in [1.54, 1.807) is 12.4 Å². The zero-order valence-electron chi connectivity index (χ0n) is 13.5. The Morgan fingerprint density at radius 1 is 1.30 bits per heavy atom. The van der Waals surface area contributed by atoms with Crippen molar-refractivity contribution in [3.8, 4) is 0 Å². The van der Waals surface area contributed by atoms with E-state index < -0.39 is 0 Å². The first-order chi connectivity index (χ1) is 11.2. The third kappa shape index (κ3) is 3.96. The monoisotopic (exact) mass is 309 g/mol. The zero-order valence-corrected chi connectivity index (χ0v) is 13.5. The minimum absolute atomic E-state index is 0.0182. The first kappa shape index (κ1) is 15.7. The third-order valence-corrected chi connectivity index (χ3v) is 4.44. The van der Waals surface area contributed by atoms with Crippen LogP contribution in [0.3, 0.4) is 0 Å². The molecule has 4 nitrogen and oxygen atoms in total. The number of carbonyl (C=O) groups is 1. The molecule has 2 atom stereocenters. The smallest absolute Gasteiger partial charge is 0.237 e. The highest BCUT2D eigenvalue weighted by Crippen LogP contribution is 2.21. The van der Waals surface area contributed by atoms with Crippen LogP contribution in [0.5, 0.6) is 0 Å². The van der Waals surface area contributed by atoms with E-state index in [1.165, 1.54) is 5.56 Å². The van der Waals surface area contributed by atoms with Gasteiger partial charge in [-0.3, -0.25) is 14.7 Å². The van der Waals surface area contributed by atoms with Gasteiger partial charge in [0.2, 0.25) is 5.91 Å². The molecule has 1 fully saturated rings. The number of rotatable bonds is 5. The topological polar surface area (TPSA) is 45.2 Å². The molecule has 0 radical (unpaired) electrons. The van der Waals surface area contributed by atoms with Crippen molar-refractivity contribution in [2.45, 2.75) is 38.4 Å². The van der Waals surface area contributed by atoms with Gasteiger partial charge in [-0.2, -0.15) is 0 Å². The van der Waals surface area contributed by atoms with Crippen LogP contribution in [0, 0.1) is 0 Å². The second kappa shape index (κ2) is 7.38. The Hall–Kier alpha value is -2.20. The van der Waals surface area contributed by atoms with Crippen molar-refractivity contribution in [1.82, 2.24) is 15.2 Å². The van der Waals surface area contributed by atoms with Gasteiger partial charge in [0.1, 0.15) is 0 Å². The van der Waals surface area contributed by atoms with Crippen LogP contribution in [0.1, 0.15) is 36.9 Å². The Labute approximate surface area is 137 Å². The fourth-order valence-electron chi connectivity index (χ4n) is 3.16. The molecule has 120 valence electrons. The highest BCUT2D eigenvalue weighted by Gasteiger charge is 2.31. The molecule has 0 saturated carbocycles. The van der Waals surface area contributed by atoms with E-state index in [0.717, 1.165) is 31.5 Å². The van der Waals surface area contributed by atoms with Crippen molar-refractivity contribution in [1.29, 1.82) is 0 Å². The van der Waals surface area contributed by atoms with Crippen molar-refractivity contribution >= 4 is 5.91 Å². The summed E-state index contributed by atoms with van der Waals surface area (Å²) in [7, 11) is 0. The predicted octanol–water partition coefficient (Wildman–Crippen LogP) is 2.92. The summed E-state index contributed by atoms with van der Waals surface area (Å²) in [5.74, 6) is 0.120. The summed E-state index contributed by atoms with van der Waals surface area (Å²) in [5.41, 5.74) is 2.29. The molecule has 4 heteroatoms. The molecule has 1 aliphatic heterocycles. The standard InChI is InChI=1S/C19H23N3O/c1-15(17-9-5-11-20-13-17)21-19(23)18-10-6-12-22(18)14-16-7-3-2-4-8-16/h2-5,7-9,11,13,15,18H,6,10,12,14H2,1H3,(H,21,23). The summed E-state index contributed by atoms with van der Waals surface area (Å²) in [4.78, 5) is 19.1. The molecule has 23 heavy (non-hydrogen) atoms. The maximum absolute atomic E-state index is 12.7. The molecule has 1 aromatic heterocycles. The number of nitrogens with zero attached hydrogens (tertiary/aromatic N) is 2. The van der Waals surface area contributed by atoms with E-state index in [9.17, 15) is 4.79 Å². The van der Waals surface area contributed by atoms with Crippen molar-refractivity contribution < 1.29 is 4.79 Å². The summed E-state index contributed by atoms with van der Waals surface area (Å²) >= 11 is 0. The van der Waals surface area contributed by atoms with Gasteiger partial charge in [-0.1, -0.05) is 36.4 Å². The van der Waals surface area contributed by atoms with Crippen LogP contribution in [0.15, 0.2) is 54.9 Å². The summed E-state index contributed by atoms with van der Waals surface area (Å²) in [6.07, 6.45) is 5.56. The van der Waals surface area contributed by atoms with Gasteiger partial charge < -0.3 is 5.32 Å². The van der Waals surface area contributed by atoms with Crippen molar-refractivity contribution in [3.63, 3.8) is 0 Å². The van der Waals surface area contributed by atoms with Gasteiger partial charge in [0.25, 0.3) is 0 Å². The summed E-state index contributed by atoms with van der Waals surface area (Å²) in [5, 5.41) is 3.13. The molecule has 0 bridgehead atoms. The zero-order chi connectivity index (χ0) is 16.1. The number of benzene rings is 1. The number of pyridine rings is 1. The van der Waals surface area contributed by atoms with Crippen molar-refractivity contribution in [2.24, 2.45) is 0 Å². The van der Waals surface area contributed by atoms with Crippen LogP contribution in [0.25, 0.3) is 0 Å². The Kier molecular flexibility index (Phi) is 5.03. The van der Waals surface area contributed by atoms with Crippen molar-refractivity contribution in [2.75, 3.05) is 6.54 Å². The molecule has 1 aromatic carbocycles. The van der Waals surface area contributed by atoms with Gasteiger partial charge in [0, 0.05) is 18.9 Å². The normalized spacial score (nSPS) is 19.4. The molecule has 3 rings (SSSR count). The minimum Gasteiger partial charge on any atom is -0.348 e. The van der Waals surface area contributed by atoms with Crippen LogP contribution in [-0.2, 0) is 11.3 Å². The number of hydrogen-bond acceptors (Lipinski definition) is 3. The molecule has 1 saturated heterocycles. The van der Waals surface area contributed by atoms with Crippen LogP contribution >= 0.6 is 0 Å². The molecular weight excluding hydrogens is 286 g/mol. The summed E-state index contributed by atoms with van der Waals surface area (Å²) in [6.45, 7) is 3.82. The lowest BCUT2D eigenvalue weighted by molar-refractivity contribution is -0.126. The lowest BCUT2D eigenvalue weighted by Crippen LogP contribution is -2.43. The quantitative estimate of drug-likeness (QED) is 0.923. The first-order valence-corrected chi connectivity index (χ1v) is 8.22. The molecule has 0 aliphatic carbocycles. The SMILES string of the molecule is CC(NC(=O)C1CCCN1Cc1ccccc1)c1cccnc1. The van der Waals surface area contributed by atoms with Gasteiger partial charge in [0.05, 0.1) is 12.1 Å². The fraction of sp³-hybridized carbons (Fsp3) is 0.368. The molecule has 1 N–H and O–H groups in total. The van der Waals surface area contributed by atoms with Crippen molar-refractivity contribution in [3.05, 3.63) is 66.0 Å². The molecule has 2 heterocycles. The van der Waals surface area contributed by atoms with Crippen LogP contribution in [0.4, 0.5) is 0 Å². The largest absolute Gasteiger partial charge is 0.348 e. The van der Waals surface area contributed by atoms with E-state index >= 15 is 0 Å². The maximum atomic E-state index is 12.7.